The molecule has 5 nitrogen and oxygen atoms in total. The van der Waals surface area contributed by atoms with E-state index in [1.807, 2.05) is 54.6 Å². The third kappa shape index (κ3) is 5.81. The summed E-state index contributed by atoms with van der Waals surface area (Å²) in [5.74, 6) is 1.26. The van der Waals surface area contributed by atoms with Crippen molar-refractivity contribution in [3.05, 3.63) is 60.2 Å². The van der Waals surface area contributed by atoms with Gasteiger partial charge in [-0.15, -0.1) is 0 Å². The van der Waals surface area contributed by atoms with E-state index in [4.69, 9.17) is 15.2 Å². The second kappa shape index (κ2) is 10.1. The SMILES string of the molecule is NC[C@H]1CCC[C@H]1C(=O)Nc1cccc(COCCOc2ccccc2)c1. The fourth-order valence-electron chi connectivity index (χ4n) is 3.56. The molecule has 1 aliphatic carbocycles. The molecule has 1 fully saturated rings. The summed E-state index contributed by atoms with van der Waals surface area (Å²) in [6, 6.07) is 17.5. The van der Waals surface area contributed by atoms with Crippen LogP contribution < -0.4 is 15.8 Å². The molecule has 3 rings (SSSR count). The van der Waals surface area contributed by atoms with Crippen LogP contribution in [0.15, 0.2) is 54.6 Å². The Morgan fingerprint density at radius 2 is 1.93 bits per heavy atom. The molecule has 1 aliphatic rings. The van der Waals surface area contributed by atoms with E-state index in [1.165, 1.54) is 0 Å². The number of rotatable bonds is 9. The first kappa shape index (κ1) is 19.4. The van der Waals surface area contributed by atoms with Gasteiger partial charge in [-0.05, 0) is 55.1 Å². The molecular weight excluding hydrogens is 340 g/mol. The zero-order valence-electron chi connectivity index (χ0n) is 15.6. The Labute approximate surface area is 160 Å². The number of benzene rings is 2. The largest absolute Gasteiger partial charge is 0.491 e. The van der Waals surface area contributed by atoms with Crippen LogP contribution in [0, 0.1) is 11.8 Å². The predicted octanol–water partition coefficient (Wildman–Crippen LogP) is 3.60. The van der Waals surface area contributed by atoms with Crippen molar-refractivity contribution in [2.75, 3.05) is 25.1 Å². The minimum Gasteiger partial charge on any atom is -0.491 e. The molecule has 2 aromatic carbocycles. The van der Waals surface area contributed by atoms with E-state index in [0.717, 1.165) is 36.3 Å². The Kier molecular flexibility index (Phi) is 7.25. The van der Waals surface area contributed by atoms with Crippen LogP contribution >= 0.6 is 0 Å². The summed E-state index contributed by atoms with van der Waals surface area (Å²) in [5, 5.41) is 3.04. The van der Waals surface area contributed by atoms with Gasteiger partial charge in [-0.3, -0.25) is 4.79 Å². The summed E-state index contributed by atoms with van der Waals surface area (Å²) in [4.78, 5) is 12.5. The highest BCUT2D eigenvalue weighted by molar-refractivity contribution is 5.93. The molecule has 144 valence electrons. The first-order valence-corrected chi connectivity index (χ1v) is 9.61. The number of hydrogen-bond acceptors (Lipinski definition) is 4. The molecular formula is C22H28N2O3. The molecule has 2 aromatic rings. The van der Waals surface area contributed by atoms with Crippen LogP contribution in [0.25, 0.3) is 0 Å². The van der Waals surface area contributed by atoms with Gasteiger partial charge in [0.2, 0.25) is 5.91 Å². The standard InChI is InChI=1S/C22H28N2O3/c23-15-18-7-5-11-21(18)22(25)24-19-8-4-6-17(14-19)16-26-12-13-27-20-9-2-1-3-10-20/h1-4,6,8-10,14,18,21H,5,7,11-13,15-16,23H2,(H,24,25)/t18-,21-/m1/s1. The molecule has 1 amide bonds. The van der Waals surface area contributed by atoms with Crippen molar-refractivity contribution in [1.29, 1.82) is 0 Å². The normalized spacial score (nSPS) is 19.0. The van der Waals surface area contributed by atoms with Gasteiger partial charge in [0.1, 0.15) is 12.4 Å². The monoisotopic (exact) mass is 368 g/mol. The molecule has 0 spiro atoms. The maximum Gasteiger partial charge on any atom is 0.227 e. The summed E-state index contributed by atoms with van der Waals surface area (Å²) in [6.45, 7) is 2.07. The average Bonchev–Trinajstić information content (AvgIpc) is 3.18. The molecule has 0 unspecified atom stereocenters. The molecule has 0 bridgehead atoms. The number of amides is 1. The lowest BCUT2D eigenvalue weighted by Gasteiger charge is -2.17. The fraction of sp³-hybridized carbons (Fsp3) is 0.409. The minimum atomic E-state index is 0.0324. The topological polar surface area (TPSA) is 73.6 Å². The lowest BCUT2D eigenvalue weighted by atomic mass is 9.95. The highest BCUT2D eigenvalue weighted by Gasteiger charge is 2.31. The Morgan fingerprint density at radius 1 is 1.07 bits per heavy atom. The highest BCUT2D eigenvalue weighted by atomic mass is 16.5. The van der Waals surface area contributed by atoms with Gasteiger partial charge in [-0.1, -0.05) is 36.8 Å². The van der Waals surface area contributed by atoms with Crippen LogP contribution in [-0.2, 0) is 16.1 Å². The number of anilines is 1. The van der Waals surface area contributed by atoms with Crippen molar-refractivity contribution in [3.8, 4) is 5.75 Å². The summed E-state index contributed by atoms with van der Waals surface area (Å²) in [5.41, 5.74) is 7.62. The van der Waals surface area contributed by atoms with Gasteiger partial charge in [0.15, 0.2) is 0 Å². The Bertz CT molecular complexity index is 721. The second-order valence-electron chi connectivity index (χ2n) is 6.94. The van der Waals surface area contributed by atoms with E-state index in [1.54, 1.807) is 0 Å². The quantitative estimate of drug-likeness (QED) is 0.663. The Hall–Kier alpha value is -2.37. The Balaban J connectivity index is 1.42. The van der Waals surface area contributed by atoms with Crippen LogP contribution in [0.3, 0.4) is 0 Å². The first-order valence-electron chi connectivity index (χ1n) is 9.61. The van der Waals surface area contributed by atoms with Crippen molar-refractivity contribution in [2.45, 2.75) is 25.9 Å². The van der Waals surface area contributed by atoms with Gasteiger partial charge in [0, 0.05) is 11.6 Å². The van der Waals surface area contributed by atoms with Gasteiger partial charge >= 0.3 is 0 Å². The number of hydrogen-bond donors (Lipinski definition) is 2. The zero-order chi connectivity index (χ0) is 18.9. The maximum atomic E-state index is 12.5. The smallest absolute Gasteiger partial charge is 0.227 e. The number of para-hydroxylation sites is 1. The van der Waals surface area contributed by atoms with Crippen molar-refractivity contribution in [1.82, 2.24) is 0 Å². The third-order valence-corrected chi connectivity index (χ3v) is 5.00. The van der Waals surface area contributed by atoms with Crippen molar-refractivity contribution >= 4 is 11.6 Å². The van der Waals surface area contributed by atoms with E-state index >= 15 is 0 Å². The number of carbonyl (C=O) groups excluding carboxylic acids is 1. The van der Waals surface area contributed by atoms with Gasteiger partial charge in [-0.25, -0.2) is 0 Å². The first-order chi connectivity index (χ1) is 13.3. The van der Waals surface area contributed by atoms with Crippen molar-refractivity contribution in [3.63, 3.8) is 0 Å². The molecule has 5 heteroatoms. The minimum absolute atomic E-state index is 0.0324. The molecule has 0 saturated heterocycles. The van der Waals surface area contributed by atoms with Gasteiger partial charge < -0.3 is 20.5 Å². The van der Waals surface area contributed by atoms with Crippen LogP contribution in [0.2, 0.25) is 0 Å². The van der Waals surface area contributed by atoms with E-state index in [0.29, 0.717) is 32.3 Å². The van der Waals surface area contributed by atoms with Crippen molar-refractivity contribution in [2.24, 2.45) is 17.6 Å². The van der Waals surface area contributed by atoms with E-state index < -0.39 is 0 Å². The second-order valence-corrected chi connectivity index (χ2v) is 6.94. The summed E-state index contributed by atoms with van der Waals surface area (Å²) >= 11 is 0. The maximum absolute atomic E-state index is 12.5. The van der Waals surface area contributed by atoms with Gasteiger partial charge in [0.25, 0.3) is 0 Å². The van der Waals surface area contributed by atoms with E-state index in [2.05, 4.69) is 5.32 Å². The van der Waals surface area contributed by atoms with Crippen molar-refractivity contribution < 1.29 is 14.3 Å². The molecule has 0 aromatic heterocycles. The molecule has 3 N–H and O–H groups in total. The molecule has 1 saturated carbocycles. The molecule has 0 radical (unpaired) electrons. The van der Waals surface area contributed by atoms with E-state index in [-0.39, 0.29) is 11.8 Å². The van der Waals surface area contributed by atoms with Crippen LogP contribution in [-0.4, -0.2) is 25.7 Å². The number of carbonyl (C=O) groups is 1. The molecule has 0 heterocycles. The number of ether oxygens (including phenoxy) is 2. The van der Waals surface area contributed by atoms with E-state index in [9.17, 15) is 4.79 Å². The van der Waals surface area contributed by atoms with Gasteiger partial charge in [-0.2, -0.15) is 0 Å². The molecule has 27 heavy (non-hydrogen) atoms. The molecule has 0 aliphatic heterocycles. The fourth-order valence-corrected chi connectivity index (χ4v) is 3.56. The predicted molar refractivity (Wildman–Crippen MR) is 107 cm³/mol. The highest BCUT2D eigenvalue weighted by Crippen LogP contribution is 2.31. The van der Waals surface area contributed by atoms with Gasteiger partial charge in [0.05, 0.1) is 13.2 Å². The summed E-state index contributed by atoms with van der Waals surface area (Å²) in [7, 11) is 0. The third-order valence-electron chi connectivity index (χ3n) is 5.00. The Morgan fingerprint density at radius 3 is 2.74 bits per heavy atom. The average molecular weight is 368 g/mol. The van der Waals surface area contributed by atoms with Crippen LogP contribution in [0.4, 0.5) is 5.69 Å². The number of nitrogens with one attached hydrogen (secondary N) is 1. The summed E-state index contributed by atoms with van der Waals surface area (Å²) in [6.07, 6.45) is 3.06. The van der Waals surface area contributed by atoms with Crippen LogP contribution in [0.5, 0.6) is 5.75 Å². The lowest BCUT2D eigenvalue weighted by Crippen LogP contribution is -2.29. The molecule has 2 atom stereocenters. The summed E-state index contributed by atoms with van der Waals surface area (Å²) < 4.78 is 11.3. The van der Waals surface area contributed by atoms with Crippen LogP contribution in [0.1, 0.15) is 24.8 Å². The number of nitrogens with two attached hydrogens (primary N) is 1. The zero-order valence-corrected chi connectivity index (χ0v) is 15.6. The lowest BCUT2D eigenvalue weighted by molar-refractivity contribution is -0.120.